The summed E-state index contributed by atoms with van der Waals surface area (Å²) in [6, 6.07) is 21.6. The van der Waals surface area contributed by atoms with E-state index in [1.165, 1.54) is 5.69 Å². The summed E-state index contributed by atoms with van der Waals surface area (Å²) in [7, 11) is -3.66. The maximum absolute atomic E-state index is 13.3. The third-order valence-electron chi connectivity index (χ3n) is 6.76. The van der Waals surface area contributed by atoms with Gasteiger partial charge in [0.2, 0.25) is 16.8 Å². The molecule has 3 aromatic rings. The number of nitrogens with zero attached hydrogens (tertiary/aromatic N) is 2. The molecule has 2 aliphatic heterocycles. The fourth-order valence-corrected chi connectivity index (χ4v) is 6.14. The molecule has 1 atom stereocenters. The van der Waals surface area contributed by atoms with Gasteiger partial charge in [-0.1, -0.05) is 36.4 Å². The number of sulfonamides is 1. The number of hydrogen-bond donors (Lipinski definition) is 1. The van der Waals surface area contributed by atoms with Crippen molar-refractivity contribution in [3.63, 3.8) is 0 Å². The average molecular weight is 494 g/mol. The van der Waals surface area contributed by atoms with Crippen molar-refractivity contribution in [3.8, 4) is 11.5 Å². The van der Waals surface area contributed by atoms with Crippen molar-refractivity contribution in [3.05, 3.63) is 83.4 Å². The third kappa shape index (κ3) is 5.15. The second-order valence-electron chi connectivity index (χ2n) is 9.11. The van der Waals surface area contributed by atoms with Crippen molar-refractivity contribution >= 4 is 15.7 Å². The normalized spacial score (nSPS) is 16.9. The van der Waals surface area contributed by atoms with Crippen LogP contribution >= 0.6 is 0 Å². The van der Waals surface area contributed by atoms with Gasteiger partial charge in [-0.15, -0.1) is 0 Å². The van der Waals surface area contributed by atoms with Crippen LogP contribution in [-0.4, -0.2) is 52.8 Å². The Labute approximate surface area is 207 Å². The van der Waals surface area contributed by atoms with Gasteiger partial charge in [0, 0.05) is 44.5 Å². The fraction of sp³-hybridized carbons (Fsp3) is 0.333. The number of para-hydroxylation sites is 1. The van der Waals surface area contributed by atoms with Gasteiger partial charge in [0.1, 0.15) is 0 Å². The van der Waals surface area contributed by atoms with E-state index in [0.717, 1.165) is 48.6 Å². The van der Waals surface area contributed by atoms with Crippen molar-refractivity contribution in [2.75, 3.05) is 44.4 Å². The SMILES string of the molecule is Cc1ccc(C)c(S(=O)(=O)NCC(c2ccc3c(c2)OCO3)N2CCN(c3ccccc3)CC2)c1. The maximum Gasteiger partial charge on any atom is 0.240 e. The molecule has 2 heterocycles. The Bertz CT molecular complexity index is 1290. The average Bonchev–Trinajstić information content (AvgIpc) is 3.35. The molecule has 1 unspecified atom stereocenters. The van der Waals surface area contributed by atoms with E-state index in [-0.39, 0.29) is 19.4 Å². The number of rotatable bonds is 7. The zero-order valence-corrected chi connectivity index (χ0v) is 20.9. The molecule has 8 heteroatoms. The zero-order valence-electron chi connectivity index (χ0n) is 20.1. The number of aryl methyl sites for hydroxylation is 2. The van der Waals surface area contributed by atoms with E-state index >= 15 is 0 Å². The largest absolute Gasteiger partial charge is 0.454 e. The van der Waals surface area contributed by atoms with Crippen LogP contribution in [0.2, 0.25) is 0 Å². The standard InChI is InChI=1S/C27H31N3O4S/c1-20-8-9-21(2)27(16-20)35(31,32)28-18-24(22-10-11-25-26(17-22)34-19-33-25)30-14-12-29(13-15-30)23-6-4-3-5-7-23/h3-11,16-17,24,28H,12-15,18-19H2,1-2H3. The summed E-state index contributed by atoms with van der Waals surface area (Å²) in [5.41, 5.74) is 3.87. The zero-order chi connectivity index (χ0) is 24.4. The highest BCUT2D eigenvalue weighted by Crippen LogP contribution is 2.36. The lowest BCUT2D eigenvalue weighted by atomic mass is 10.0. The summed E-state index contributed by atoms with van der Waals surface area (Å²) in [5.74, 6) is 1.42. The fourth-order valence-electron chi connectivity index (χ4n) is 4.77. The number of anilines is 1. The van der Waals surface area contributed by atoms with Gasteiger partial charge in [-0.05, 0) is 60.9 Å². The highest BCUT2D eigenvalue weighted by Gasteiger charge is 2.29. The van der Waals surface area contributed by atoms with Crippen LogP contribution in [0, 0.1) is 13.8 Å². The maximum atomic E-state index is 13.3. The van der Waals surface area contributed by atoms with E-state index in [2.05, 4.69) is 38.8 Å². The number of piperazine rings is 1. The Hall–Kier alpha value is -3.07. The molecule has 3 aromatic carbocycles. The van der Waals surface area contributed by atoms with Crippen molar-refractivity contribution in [1.82, 2.24) is 9.62 Å². The number of fused-ring (bicyclic) bond motifs is 1. The van der Waals surface area contributed by atoms with Crippen LogP contribution in [-0.2, 0) is 10.0 Å². The number of hydrogen-bond acceptors (Lipinski definition) is 6. The first kappa shape index (κ1) is 23.7. The summed E-state index contributed by atoms with van der Waals surface area (Å²) in [4.78, 5) is 5.05. The van der Waals surface area contributed by atoms with Crippen LogP contribution < -0.4 is 19.1 Å². The molecule has 184 valence electrons. The minimum Gasteiger partial charge on any atom is -0.454 e. The van der Waals surface area contributed by atoms with E-state index < -0.39 is 10.0 Å². The van der Waals surface area contributed by atoms with Gasteiger partial charge in [-0.3, -0.25) is 4.90 Å². The first-order valence-electron chi connectivity index (χ1n) is 11.9. The van der Waals surface area contributed by atoms with E-state index in [1.54, 1.807) is 6.07 Å². The summed E-state index contributed by atoms with van der Waals surface area (Å²) >= 11 is 0. The minimum atomic E-state index is -3.66. The van der Waals surface area contributed by atoms with Crippen LogP contribution in [0.25, 0.3) is 0 Å². The monoisotopic (exact) mass is 493 g/mol. The molecule has 35 heavy (non-hydrogen) atoms. The minimum absolute atomic E-state index is 0.137. The molecular formula is C27H31N3O4S. The van der Waals surface area contributed by atoms with Crippen LogP contribution in [0.5, 0.6) is 11.5 Å². The number of ether oxygens (including phenoxy) is 2. The quantitative estimate of drug-likeness (QED) is 0.539. The lowest BCUT2D eigenvalue weighted by Gasteiger charge is -2.40. The third-order valence-corrected chi connectivity index (χ3v) is 8.32. The molecule has 0 amide bonds. The lowest BCUT2D eigenvalue weighted by molar-refractivity contribution is 0.173. The molecule has 0 bridgehead atoms. The Morgan fingerprint density at radius 1 is 0.886 bits per heavy atom. The van der Waals surface area contributed by atoms with Gasteiger partial charge in [0.15, 0.2) is 11.5 Å². The molecule has 2 aliphatic rings. The van der Waals surface area contributed by atoms with Crippen LogP contribution in [0.1, 0.15) is 22.7 Å². The number of nitrogens with one attached hydrogen (secondary N) is 1. The molecule has 0 radical (unpaired) electrons. The van der Waals surface area contributed by atoms with Gasteiger partial charge >= 0.3 is 0 Å². The van der Waals surface area contributed by atoms with E-state index in [1.807, 2.05) is 50.2 Å². The molecule has 1 N–H and O–H groups in total. The van der Waals surface area contributed by atoms with Gasteiger partial charge < -0.3 is 14.4 Å². The topological polar surface area (TPSA) is 71.1 Å². The van der Waals surface area contributed by atoms with Gasteiger partial charge in [-0.2, -0.15) is 0 Å². The summed E-state index contributed by atoms with van der Waals surface area (Å²) in [6.07, 6.45) is 0. The molecule has 7 nitrogen and oxygen atoms in total. The summed E-state index contributed by atoms with van der Waals surface area (Å²) < 4.78 is 40.5. The van der Waals surface area contributed by atoms with Gasteiger partial charge in [-0.25, -0.2) is 13.1 Å². The molecular weight excluding hydrogens is 462 g/mol. The highest BCUT2D eigenvalue weighted by molar-refractivity contribution is 7.89. The van der Waals surface area contributed by atoms with Crippen molar-refractivity contribution < 1.29 is 17.9 Å². The molecule has 5 rings (SSSR count). The first-order chi connectivity index (χ1) is 16.9. The highest BCUT2D eigenvalue weighted by atomic mass is 32.2. The molecule has 0 aliphatic carbocycles. The van der Waals surface area contributed by atoms with Crippen LogP contribution in [0.4, 0.5) is 5.69 Å². The van der Waals surface area contributed by atoms with E-state index in [4.69, 9.17) is 9.47 Å². The second-order valence-corrected chi connectivity index (χ2v) is 10.8. The first-order valence-corrected chi connectivity index (χ1v) is 13.4. The van der Waals surface area contributed by atoms with E-state index in [9.17, 15) is 8.42 Å². The summed E-state index contributed by atoms with van der Waals surface area (Å²) in [6.45, 7) is 7.58. The van der Waals surface area contributed by atoms with Gasteiger partial charge in [0.05, 0.1) is 4.90 Å². The van der Waals surface area contributed by atoms with Crippen molar-refractivity contribution in [2.45, 2.75) is 24.8 Å². The summed E-state index contributed by atoms with van der Waals surface area (Å²) in [5, 5.41) is 0. The Kier molecular flexibility index (Phi) is 6.69. The van der Waals surface area contributed by atoms with Crippen molar-refractivity contribution in [1.29, 1.82) is 0 Å². The van der Waals surface area contributed by atoms with Gasteiger partial charge in [0.25, 0.3) is 0 Å². The molecule has 1 fully saturated rings. The van der Waals surface area contributed by atoms with Crippen LogP contribution in [0.15, 0.2) is 71.6 Å². The second kappa shape index (κ2) is 9.89. The van der Waals surface area contributed by atoms with Crippen molar-refractivity contribution in [2.24, 2.45) is 0 Å². The Morgan fingerprint density at radius 2 is 1.63 bits per heavy atom. The lowest BCUT2D eigenvalue weighted by Crippen LogP contribution is -2.49. The van der Waals surface area contributed by atoms with E-state index in [0.29, 0.717) is 10.6 Å². The molecule has 0 spiro atoms. The Balaban J connectivity index is 1.37. The molecule has 0 aromatic heterocycles. The molecule has 0 saturated carbocycles. The predicted octanol–water partition coefficient (Wildman–Crippen LogP) is 3.87. The predicted molar refractivity (Wildman–Crippen MR) is 137 cm³/mol. The smallest absolute Gasteiger partial charge is 0.240 e. The molecule has 1 saturated heterocycles. The Morgan fingerprint density at radius 3 is 2.40 bits per heavy atom. The van der Waals surface area contributed by atoms with Crippen LogP contribution in [0.3, 0.4) is 0 Å². The number of benzene rings is 3.